The molecule has 19 valence electrons. The summed E-state index contributed by atoms with van der Waals surface area (Å²) >= 11 is 2.85. The van der Waals surface area contributed by atoms with E-state index in [0.29, 0.717) is 0 Å². The van der Waals surface area contributed by atoms with Gasteiger partial charge in [-0.3, -0.25) is 0 Å². The van der Waals surface area contributed by atoms with Gasteiger partial charge in [-0.1, -0.05) is 0 Å². The maximum atomic E-state index is 4.15. The maximum absolute atomic E-state index is 4.15. The standard InChI is InChI=1S/Ga.GeS.S/c;1-2;. The SMILES string of the molecule is [S]=[Ga].[S]=[Ge]. The van der Waals surface area contributed by atoms with Crippen molar-refractivity contribution in [1.82, 2.24) is 0 Å². The van der Waals surface area contributed by atoms with E-state index in [1.807, 2.05) is 0 Å². The van der Waals surface area contributed by atoms with Crippen LogP contribution in [0.4, 0.5) is 0 Å². The van der Waals surface area contributed by atoms with Crippen molar-refractivity contribution in [3.8, 4) is 0 Å². The Morgan fingerprint density at radius 3 is 1.25 bits per heavy atom. The van der Waals surface area contributed by atoms with Crippen LogP contribution in [-0.2, 0) is 0 Å². The molecule has 0 heterocycles. The zero-order chi connectivity index (χ0) is 4.00. The van der Waals surface area contributed by atoms with Gasteiger partial charge in [0.2, 0.25) is 0 Å². The summed E-state index contributed by atoms with van der Waals surface area (Å²) in [5.41, 5.74) is 0. The normalized spacial score (nSPS) is 1.75. The van der Waals surface area contributed by atoms with Gasteiger partial charge >= 0.3 is 52.2 Å². The van der Waals surface area contributed by atoms with Gasteiger partial charge in [-0.2, -0.15) is 0 Å². The fourth-order valence-electron chi connectivity index (χ4n) is 0. The molecule has 4 heteroatoms. The molecule has 3 radical (unpaired) electrons. The summed E-state index contributed by atoms with van der Waals surface area (Å²) in [6.45, 7) is 0. The van der Waals surface area contributed by atoms with Gasteiger partial charge in [0.1, 0.15) is 0 Å². The molecule has 0 aliphatic rings. The van der Waals surface area contributed by atoms with E-state index in [1.54, 1.807) is 14.9 Å². The zero-order valence-corrected chi connectivity index (χ0v) is 8.05. The third-order valence-corrected chi connectivity index (χ3v) is 0. The molecule has 0 atom stereocenters. The van der Waals surface area contributed by atoms with Crippen LogP contribution >= 0.6 is 20.5 Å². The number of hydrogen-bond donors (Lipinski definition) is 0. The van der Waals surface area contributed by atoms with Crippen molar-refractivity contribution < 1.29 is 0 Å². The predicted molar refractivity (Wildman–Crippen MR) is 26.7 cm³/mol. The zero-order valence-electron chi connectivity index (χ0n) is 1.89. The fraction of sp³-hybridized carbons (Fsp3) is 0. The van der Waals surface area contributed by atoms with E-state index in [9.17, 15) is 0 Å². The van der Waals surface area contributed by atoms with Crippen molar-refractivity contribution in [2.45, 2.75) is 0 Å². The van der Waals surface area contributed by atoms with Crippen LogP contribution in [0, 0.1) is 0 Å². The molecule has 0 fully saturated rings. The van der Waals surface area contributed by atoms with Crippen LogP contribution in [0.5, 0.6) is 0 Å². The van der Waals surface area contributed by atoms with Crippen LogP contribution in [0.15, 0.2) is 0 Å². The molecule has 0 spiro atoms. The van der Waals surface area contributed by atoms with Gasteiger partial charge in [-0.05, 0) is 0 Å². The average molecular weight is 206 g/mol. The van der Waals surface area contributed by atoms with Crippen molar-refractivity contribution in [2.75, 3.05) is 0 Å². The summed E-state index contributed by atoms with van der Waals surface area (Å²) in [7, 11) is 8.23. The Kier molecular flexibility index (Phi) is 52.8. The molecule has 0 aromatic rings. The van der Waals surface area contributed by atoms with E-state index in [0.717, 1.165) is 0 Å². The molecule has 0 aromatic heterocycles. The van der Waals surface area contributed by atoms with E-state index >= 15 is 0 Å². The van der Waals surface area contributed by atoms with Crippen LogP contribution in [-0.4, -0.2) is 31.7 Å². The minimum atomic E-state index is 1.27. The number of hydrogen-bond acceptors (Lipinski definition) is 2. The Morgan fingerprint density at radius 2 is 1.25 bits per heavy atom. The Hall–Kier alpha value is 1.62. The van der Waals surface area contributed by atoms with Crippen molar-refractivity contribution in [3.05, 3.63) is 0 Å². The molecular formula is GaGeS2. The van der Waals surface area contributed by atoms with Crippen molar-refractivity contribution in [1.29, 1.82) is 0 Å². The van der Waals surface area contributed by atoms with Gasteiger partial charge in [-0.15, -0.1) is 0 Å². The van der Waals surface area contributed by atoms with Gasteiger partial charge in [0.15, 0.2) is 0 Å². The van der Waals surface area contributed by atoms with E-state index in [2.05, 4.69) is 20.5 Å². The van der Waals surface area contributed by atoms with Crippen molar-refractivity contribution >= 4 is 52.2 Å². The molecule has 0 rings (SSSR count). The second kappa shape index (κ2) is 23.1. The van der Waals surface area contributed by atoms with Gasteiger partial charge in [-0.25, -0.2) is 0 Å². The Balaban J connectivity index is 0. The van der Waals surface area contributed by atoms with E-state index in [4.69, 9.17) is 0 Å². The molecule has 0 amide bonds. The van der Waals surface area contributed by atoms with Crippen molar-refractivity contribution in [2.24, 2.45) is 0 Å². The van der Waals surface area contributed by atoms with E-state index in [-0.39, 0.29) is 0 Å². The molecule has 4 heavy (non-hydrogen) atoms. The molecular weight excluding hydrogens is 206 g/mol. The van der Waals surface area contributed by atoms with Gasteiger partial charge < -0.3 is 0 Å². The second-order valence-corrected chi connectivity index (χ2v) is 0. The average Bonchev–Trinajstić information content (AvgIpc) is 1.50. The van der Waals surface area contributed by atoms with Gasteiger partial charge in [0, 0.05) is 0 Å². The molecule has 0 N–H and O–H groups in total. The molecule has 0 bridgehead atoms. The first-order chi connectivity index (χ1) is 2.00. The summed E-state index contributed by atoms with van der Waals surface area (Å²) in [5, 5.41) is 0. The van der Waals surface area contributed by atoms with E-state index < -0.39 is 0 Å². The summed E-state index contributed by atoms with van der Waals surface area (Å²) in [6, 6.07) is 0. The molecule has 0 saturated heterocycles. The fourth-order valence-corrected chi connectivity index (χ4v) is 0. The molecule has 0 saturated carbocycles. The predicted octanol–water partition coefficient (Wildman–Crippen LogP) is 0.535. The van der Waals surface area contributed by atoms with Crippen LogP contribution in [0.2, 0.25) is 0 Å². The first-order valence-electron chi connectivity index (χ1n) is 0.440. The molecule has 0 aromatic carbocycles. The molecule has 0 aliphatic heterocycles. The number of rotatable bonds is 0. The van der Waals surface area contributed by atoms with Gasteiger partial charge in [0.25, 0.3) is 0 Å². The monoisotopic (exact) mass is 207 g/mol. The third kappa shape index (κ3) is 9.47. The molecule has 0 unspecified atom stereocenters. The quantitative estimate of drug-likeness (QED) is 0.531. The Morgan fingerprint density at radius 1 is 1.25 bits per heavy atom. The summed E-state index contributed by atoms with van der Waals surface area (Å²) in [6.07, 6.45) is 0. The third-order valence-electron chi connectivity index (χ3n) is 0. The molecule has 0 nitrogen and oxygen atoms in total. The minimum absolute atomic E-state index is 1.27. The summed E-state index contributed by atoms with van der Waals surface area (Å²) < 4.78 is 0. The summed E-state index contributed by atoms with van der Waals surface area (Å²) in [4.78, 5) is 0. The van der Waals surface area contributed by atoms with E-state index in [1.165, 1.54) is 16.8 Å². The Labute approximate surface area is 51.9 Å². The second-order valence-electron chi connectivity index (χ2n) is 0. The molecule has 0 aliphatic carbocycles. The Bertz CT molecular complexity index is 8.00. The van der Waals surface area contributed by atoms with Crippen LogP contribution in [0.3, 0.4) is 0 Å². The summed E-state index contributed by atoms with van der Waals surface area (Å²) in [5.74, 6) is 0. The topological polar surface area (TPSA) is 0 Å². The van der Waals surface area contributed by atoms with Crippen LogP contribution in [0.25, 0.3) is 0 Å². The first-order valence-corrected chi connectivity index (χ1v) is 6.86. The van der Waals surface area contributed by atoms with Crippen LogP contribution < -0.4 is 0 Å². The van der Waals surface area contributed by atoms with Crippen molar-refractivity contribution in [3.63, 3.8) is 0 Å². The first kappa shape index (κ1) is 9.15. The van der Waals surface area contributed by atoms with Crippen LogP contribution in [0.1, 0.15) is 0 Å². The van der Waals surface area contributed by atoms with Gasteiger partial charge in [0.05, 0.1) is 0 Å².